The van der Waals surface area contributed by atoms with Crippen LogP contribution in [0, 0.1) is 5.82 Å². The quantitative estimate of drug-likeness (QED) is 0.722. The van der Waals surface area contributed by atoms with E-state index in [-0.39, 0.29) is 17.8 Å². The Labute approximate surface area is 150 Å². The topological polar surface area (TPSA) is 58.5 Å². The molecule has 4 rings (SSSR count). The van der Waals surface area contributed by atoms with Crippen molar-refractivity contribution in [3.8, 4) is 0 Å². The molecule has 0 N–H and O–H groups in total. The van der Waals surface area contributed by atoms with E-state index in [1.54, 1.807) is 24.5 Å². The predicted octanol–water partition coefficient (Wildman–Crippen LogP) is 3.86. The van der Waals surface area contributed by atoms with Crippen LogP contribution in [0.25, 0.3) is 11.0 Å². The number of aromatic nitrogens is 2. The van der Waals surface area contributed by atoms with Gasteiger partial charge in [-0.25, -0.2) is 9.40 Å². The number of fused-ring (bicyclic) bond motifs is 1. The molecule has 0 spiro atoms. The average molecular weight is 348 g/mol. The van der Waals surface area contributed by atoms with Crippen LogP contribution in [0.5, 0.6) is 0 Å². The number of hydrogen-bond donors (Lipinski definition) is 0. The number of hydrazone groups is 1. The summed E-state index contributed by atoms with van der Waals surface area (Å²) in [6.07, 6.45) is 4.24. The standard InChI is InChI=1S/C20H17FN4O/c1-2-20(26)25-19(12-17(24-25)13-3-6-15(21)7-4-13)14-5-8-16-18(11-14)23-10-9-22-16/h3-11,19H,2,12H2,1H3/t19-/m0/s1. The number of halogens is 1. The Morgan fingerprint density at radius 3 is 2.58 bits per heavy atom. The predicted molar refractivity (Wildman–Crippen MR) is 97.0 cm³/mol. The van der Waals surface area contributed by atoms with Crippen LogP contribution in [-0.2, 0) is 4.79 Å². The fraction of sp³-hybridized carbons (Fsp3) is 0.200. The van der Waals surface area contributed by atoms with Gasteiger partial charge in [-0.2, -0.15) is 5.10 Å². The van der Waals surface area contributed by atoms with Crippen molar-refractivity contribution < 1.29 is 9.18 Å². The number of amides is 1. The summed E-state index contributed by atoms with van der Waals surface area (Å²) in [6.45, 7) is 1.82. The summed E-state index contributed by atoms with van der Waals surface area (Å²) in [6, 6.07) is 11.8. The SMILES string of the molecule is CCC(=O)N1N=C(c2ccc(F)cc2)C[C@H]1c1ccc2nccnc2c1. The van der Waals surface area contributed by atoms with Gasteiger partial charge in [0.2, 0.25) is 5.91 Å². The highest BCUT2D eigenvalue weighted by Crippen LogP contribution is 2.34. The van der Waals surface area contributed by atoms with Crippen molar-refractivity contribution in [3.63, 3.8) is 0 Å². The molecule has 1 atom stereocenters. The van der Waals surface area contributed by atoms with Crippen molar-refractivity contribution in [1.82, 2.24) is 15.0 Å². The Bertz CT molecular complexity index is 1000. The van der Waals surface area contributed by atoms with E-state index in [0.717, 1.165) is 27.9 Å². The van der Waals surface area contributed by atoms with E-state index in [1.807, 2.05) is 25.1 Å². The third-order valence-corrected chi connectivity index (χ3v) is 4.52. The molecule has 0 saturated heterocycles. The lowest BCUT2D eigenvalue weighted by molar-refractivity contribution is -0.132. The van der Waals surface area contributed by atoms with Crippen molar-refractivity contribution in [2.75, 3.05) is 0 Å². The molecule has 0 radical (unpaired) electrons. The van der Waals surface area contributed by atoms with E-state index in [0.29, 0.717) is 12.8 Å². The normalized spacial score (nSPS) is 16.8. The Morgan fingerprint density at radius 1 is 1.12 bits per heavy atom. The maximum absolute atomic E-state index is 13.2. The summed E-state index contributed by atoms with van der Waals surface area (Å²) >= 11 is 0. The van der Waals surface area contributed by atoms with Gasteiger partial charge < -0.3 is 0 Å². The zero-order valence-corrected chi connectivity index (χ0v) is 14.3. The summed E-state index contributed by atoms with van der Waals surface area (Å²) in [4.78, 5) is 21.1. The van der Waals surface area contributed by atoms with Crippen molar-refractivity contribution in [2.45, 2.75) is 25.8 Å². The highest BCUT2D eigenvalue weighted by molar-refractivity contribution is 6.03. The van der Waals surface area contributed by atoms with Gasteiger partial charge in [-0.3, -0.25) is 14.8 Å². The van der Waals surface area contributed by atoms with Crippen molar-refractivity contribution in [1.29, 1.82) is 0 Å². The minimum Gasteiger partial charge on any atom is -0.273 e. The molecule has 26 heavy (non-hydrogen) atoms. The summed E-state index contributed by atoms with van der Waals surface area (Å²) in [7, 11) is 0. The van der Waals surface area contributed by atoms with Gasteiger partial charge in [0, 0.05) is 25.2 Å². The largest absolute Gasteiger partial charge is 0.273 e. The van der Waals surface area contributed by atoms with Crippen molar-refractivity contribution >= 4 is 22.7 Å². The van der Waals surface area contributed by atoms with Gasteiger partial charge in [-0.15, -0.1) is 0 Å². The minimum atomic E-state index is -0.293. The molecule has 5 nitrogen and oxygen atoms in total. The molecule has 1 aliphatic rings. The molecule has 3 aromatic rings. The number of rotatable bonds is 3. The molecule has 0 aliphatic carbocycles. The molecule has 0 bridgehead atoms. The third-order valence-electron chi connectivity index (χ3n) is 4.52. The minimum absolute atomic E-state index is 0.0497. The average Bonchev–Trinajstić information content (AvgIpc) is 3.13. The first kappa shape index (κ1) is 16.3. The first-order valence-corrected chi connectivity index (χ1v) is 8.52. The molecule has 1 aromatic heterocycles. The molecule has 0 fully saturated rings. The molecule has 130 valence electrons. The molecular formula is C20H17FN4O. The molecule has 1 amide bonds. The molecular weight excluding hydrogens is 331 g/mol. The first-order valence-electron chi connectivity index (χ1n) is 8.52. The second-order valence-corrected chi connectivity index (χ2v) is 6.17. The monoisotopic (exact) mass is 348 g/mol. The lowest BCUT2D eigenvalue weighted by Crippen LogP contribution is -2.26. The van der Waals surface area contributed by atoms with Gasteiger partial charge in [0.25, 0.3) is 0 Å². The van der Waals surface area contributed by atoms with E-state index >= 15 is 0 Å². The summed E-state index contributed by atoms with van der Waals surface area (Å²) in [5.74, 6) is -0.343. The zero-order chi connectivity index (χ0) is 18.1. The number of nitrogens with zero attached hydrogens (tertiary/aromatic N) is 4. The van der Waals surface area contributed by atoms with Gasteiger partial charge in [0.15, 0.2) is 0 Å². The Hall–Kier alpha value is -3.15. The van der Waals surface area contributed by atoms with Crippen molar-refractivity contribution in [3.05, 3.63) is 71.8 Å². The Morgan fingerprint density at radius 2 is 1.85 bits per heavy atom. The van der Waals surface area contributed by atoms with E-state index in [1.165, 1.54) is 17.1 Å². The van der Waals surface area contributed by atoms with Crippen molar-refractivity contribution in [2.24, 2.45) is 5.10 Å². The fourth-order valence-corrected chi connectivity index (χ4v) is 3.17. The number of carbonyl (C=O) groups is 1. The summed E-state index contributed by atoms with van der Waals surface area (Å²) in [5.41, 5.74) is 4.14. The van der Waals surface area contributed by atoms with Gasteiger partial charge in [-0.1, -0.05) is 25.1 Å². The molecule has 1 aliphatic heterocycles. The Balaban J connectivity index is 1.72. The lowest BCUT2D eigenvalue weighted by Gasteiger charge is -2.21. The van der Waals surface area contributed by atoms with E-state index in [4.69, 9.17) is 0 Å². The molecule has 0 saturated carbocycles. The van der Waals surface area contributed by atoms with Gasteiger partial charge in [0.1, 0.15) is 5.82 Å². The molecule has 2 heterocycles. The first-order chi connectivity index (χ1) is 12.7. The van der Waals surface area contributed by atoms with Gasteiger partial charge in [0.05, 0.1) is 22.8 Å². The Kier molecular flexibility index (Phi) is 4.16. The van der Waals surface area contributed by atoms with Crippen LogP contribution in [0.15, 0.2) is 60.0 Å². The number of carbonyl (C=O) groups excluding carboxylic acids is 1. The fourth-order valence-electron chi connectivity index (χ4n) is 3.17. The number of benzene rings is 2. The van der Waals surface area contributed by atoms with Crippen LogP contribution < -0.4 is 0 Å². The molecule has 2 aromatic carbocycles. The van der Waals surface area contributed by atoms with Crippen LogP contribution in [0.1, 0.15) is 36.9 Å². The lowest BCUT2D eigenvalue weighted by atomic mass is 9.98. The summed E-state index contributed by atoms with van der Waals surface area (Å²) in [5, 5.41) is 6.08. The maximum atomic E-state index is 13.2. The van der Waals surface area contributed by atoms with Crippen LogP contribution in [0.3, 0.4) is 0 Å². The molecule has 0 unspecified atom stereocenters. The third kappa shape index (κ3) is 2.94. The van der Waals surface area contributed by atoms with Gasteiger partial charge >= 0.3 is 0 Å². The molecule has 6 heteroatoms. The second kappa shape index (κ2) is 6.63. The smallest absolute Gasteiger partial charge is 0.242 e. The van der Waals surface area contributed by atoms with Crippen LogP contribution >= 0.6 is 0 Å². The zero-order valence-electron chi connectivity index (χ0n) is 14.3. The van der Waals surface area contributed by atoms with Crippen LogP contribution in [0.2, 0.25) is 0 Å². The van der Waals surface area contributed by atoms with E-state index in [2.05, 4.69) is 15.1 Å². The number of hydrogen-bond acceptors (Lipinski definition) is 4. The summed E-state index contributed by atoms with van der Waals surface area (Å²) < 4.78 is 13.2. The second-order valence-electron chi connectivity index (χ2n) is 6.17. The van der Waals surface area contributed by atoms with E-state index < -0.39 is 0 Å². The van der Waals surface area contributed by atoms with E-state index in [9.17, 15) is 9.18 Å². The highest BCUT2D eigenvalue weighted by Gasteiger charge is 2.32. The highest BCUT2D eigenvalue weighted by atomic mass is 19.1. The van der Waals surface area contributed by atoms with Crippen LogP contribution in [0.4, 0.5) is 4.39 Å². The van der Waals surface area contributed by atoms with Crippen LogP contribution in [-0.4, -0.2) is 26.6 Å². The maximum Gasteiger partial charge on any atom is 0.242 e. The van der Waals surface area contributed by atoms with Gasteiger partial charge in [-0.05, 0) is 35.4 Å².